The first kappa shape index (κ1) is 44.5. The van der Waals surface area contributed by atoms with E-state index in [-0.39, 0.29) is 0 Å². The first-order valence-corrected chi connectivity index (χ1v) is 8.44. The highest BCUT2D eigenvalue weighted by atomic mass is 16.5. The molecule has 0 rings (SSSR count). The number of aliphatic carboxylic acids is 5. The van der Waals surface area contributed by atoms with E-state index in [0.29, 0.717) is 0 Å². The Hall–Kier alpha value is -4.15. The Morgan fingerprint density at radius 3 is 0.629 bits per heavy atom. The molecule has 15 heteroatoms. The van der Waals surface area contributed by atoms with Gasteiger partial charge in [0.2, 0.25) is 0 Å². The molecule has 0 aliphatic heterocycles. The van der Waals surface area contributed by atoms with Gasteiger partial charge in [0.1, 0.15) is 0 Å². The maximum atomic E-state index is 9.25. The summed E-state index contributed by atoms with van der Waals surface area (Å²) in [6, 6.07) is 0. The van der Waals surface area contributed by atoms with Gasteiger partial charge in [0.15, 0.2) is 6.29 Å². The predicted molar refractivity (Wildman–Crippen MR) is 121 cm³/mol. The molecule has 15 nitrogen and oxygen atoms in total. The molecular formula is C20H32O15. The van der Waals surface area contributed by atoms with Crippen molar-refractivity contribution in [2.24, 2.45) is 5.41 Å². The van der Waals surface area contributed by atoms with Crippen LogP contribution in [-0.2, 0) is 24.0 Å². The Morgan fingerprint density at radius 1 is 0.514 bits per heavy atom. The number of aliphatic hydroxyl groups excluding tert-OH is 4. The summed E-state index contributed by atoms with van der Waals surface area (Å²) in [7, 11) is 0. The van der Waals surface area contributed by atoms with Crippen LogP contribution in [0.3, 0.4) is 0 Å². The minimum Gasteiger partial charge on any atom is -0.478 e. The van der Waals surface area contributed by atoms with Crippen molar-refractivity contribution in [3.8, 4) is 0 Å². The van der Waals surface area contributed by atoms with E-state index in [1.54, 1.807) is 0 Å². The van der Waals surface area contributed by atoms with Crippen molar-refractivity contribution in [3.05, 3.63) is 63.3 Å². The molecule has 0 fully saturated rings. The molecule has 0 heterocycles. The first-order valence-electron chi connectivity index (χ1n) is 8.44. The number of carboxylic acids is 5. The summed E-state index contributed by atoms with van der Waals surface area (Å²) < 4.78 is 0. The third-order valence-corrected chi connectivity index (χ3v) is 2.37. The monoisotopic (exact) mass is 512 g/mol. The third kappa shape index (κ3) is 53.3. The van der Waals surface area contributed by atoms with Crippen LogP contribution in [0.25, 0.3) is 0 Å². The van der Waals surface area contributed by atoms with E-state index >= 15 is 0 Å². The highest BCUT2D eigenvalue weighted by Crippen LogP contribution is 2.17. The van der Waals surface area contributed by atoms with Crippen LogP contribution < -0.4 is 0 Å². The molecule has 0 unspecified atom stereocenters. The third-order valence-electron chi connectivity index (χ3n) is 2.37. The Balaban J connectivity index is -0.0000000744. The van der Waals surface area contributed by atoms with Gasteiger partial charge in [-0.2, -0.15) is 0 Å². The summed E-state index contributed by atoms with van der Waals surface area (Å²) in [5.74, 6) is -4.91. The second-order valence-electron chi connectivity index (χ2n) is 4.92. The lowest BCUT2D eigenvalue weighted by molar-refractivity contribution is -0.183. The second-order valence-corrected chi connectivity index (χ2v) is 4.92. The molecule has 0 atom stereocenters. The molecule has 0 aromatic carbocycles. The number of carbonyl (C=O) groups is 5. The highest BCUT2D eigenvalue weighted by molar-refractivity contribution is 5.80. The average molecular weight is 512 g/mol. The van der Waals surface area contributed by atoms with Crippen LogP contribution in [0.1, 0.15) is 0 Å². The van der Waals surface area contributed by atoms with E-state index in [2.05, 4.69) is 32.9 Å². The molecule has 0 aliphatic carbocycles. The quantitative estimate of drug-likeness (QED) is 0.125. The molecule has 0 saturated heterocycles. The molecule has 0 aromatic heterocycles. The highest BCUT2D eigenvalue weighted by Gasteiger charge is 2.35. The van der Waals surface area contributed by atoms with Crippen molar-refractivity contribution in [1.29, 1.82) is 0 Å². The first-order chi connectivity index (χ1) is 16.0. The topological polar surface area (TPSA) is 288 Å². The molecule has 0 amide bonds. The minimum absolute atomic E-state index is 0.669. The van der Waals surface area contributed by atoms with Gasteiger partial charge in [-0.25, -0.2) is 24.0 Å². The fourth-order valence-corrected chi connectivity index (χ4v) is 0.395. The van der Waals surface area contributed by atoms with E-state index in [1.807, 2.05) is 0 Å². The van der Waals surface area contributed by atoms with Crippen molar-refractivity contribution in [3.63, 3.8) is 0 Å². The van der Waals surface area contributed by atoms with Gasteiger partial charge in [-0.05, 0) is 0 Å². The van der Waals surface area contributed by atoms with Gasteiger partial charge in [0.25, 0.3) is 0 Å². The smallest absolute Gasteiger partial charge is 0.327 e. The number of rotatable bonds is 9. The van der Waals surface area contributed by atoms with Gasteiger partial charge in [0.05, 0.1) is 25.2 Å². The van der Waals surface area contributed by atoms with E-state index in [4.69, 9.17) is 51.1 Å². The molecule has 202 valence electrons. The van der Waals surface area contributed by atoms with Gasteiger partial charge in [-0.15, -0.1) is 0 Å². The summed E-state index contributed by atoms with van der Waals surface area (Å²) in [5.41, 5.74) is -1.60. The molecule has 0 radical (unpaired) electrons. The molecule has 35 heavy (non-hydrogen) atoms. The molecule has 0 aromatic rings. The second kappa shape index (κ2) is 32.0. The number of aliphatic hydroxyl groups is 5. The molecular weight excluding hydrogens is 480 g/mol. The van der Waals surface area contributed by atoms with Crippen LogP contribution in [-0.4, -0.2) is 107 Å². The molecule has 0 saturated carbocycles. The van der Waals surface area contributed by atoms with Gasteiger partial charge in [-0.3, -0.25) is 0 Å². The lowest BCUT2D eigenvalue weighted by Crippen LogP contribution is -2.45. The largest absolute Gasteiger partial charge is 0.478 e. The SMILES string of the molecule is C=CC(=O)O.C=CC(=O)O.C=CC(=O)O.C=CC(=O)O.C=CC(=O)O.OCC(CO)(CO)C(O)O. The van der Waals surface area contributed by atoms with E-state index < -0.39 is 61.4 Å². The van der Waals surface area contributed by atoms with Gasteiger partial charge < -0.3 is 51.1 Å². The maximum absolute atomic E-state index is 9.25. The molecule has 0 aliphatic rings. The van der Waals surface area contributed by atoms with Crippen LogP contribution in [0, 0.1) is 5.41 Å². The van der Waals surface area contributed by atoms with Crippen molar-refractivity contribution in [2.45, 2.75) is 6.29 Å². The van der Waals surface area contributed by atoms with Gasteiger partial charge in [0, 0.05) is 30.4 Å². The zero-order valence-electron chi connectivity index (χ0n) is 18.6. The Bertz CT molecular complexity index is 549. The van der Waals surface area contributed by atoms with E-state index in [1.165, 1.54) is 0 Å². The summed E-state index contributed by atoms with van der Waals surface area (Å²) in [6.45, 7) is 12.8. The number of hydrogen-bond donors (Lipinski definition) is 10. The van der Waals surface area contributed by atoms with Crippen LogP contribution in [0.2, 0.25) is 0 Å². The standard InChI is InChI=1S/C5H12O5.5C3H4O2/c6-1-5(2-7,3-8)4(9)10;5*1-2-3(4)5/h4,6-10H,1-3H2;5*2H,1H2,(H,4,5). The van der Waals surface area contributed by atoms with E-state index in [0.717, 1.165) is 30.4 Å². The zero-order chi connectivity index (χ0) is 29.6. The van der Waals surface area contributed by atoms with Crippen molar-refractivity contribution in [2.75, 3.05) is 19.8 Å². The maximum Gasteiger partial charge on any atom is 0.327 e. The molecule has 0 bridgehead atoms. The lowest BCUT2D eigenvalue weighted by Gasteiger charge is -2.28. The lowest BCUT2D eigenvalue weighted by atomic mass is 9.91. The zero-order valence-corrected chi connectivity index (χ0v) is 18.6. The van der Waals surface area contributed by atoms with Crippen molar-refractivity contribution in [1.82, 2.24) is 0 Å². The van der Waals surface area contributed by atoms with Crippen molar-refractivity contribution < 1.29 is 75.0 Å². The Morgan fingerprint density at radius 2 is 0.629 bits per heavy atom. The van der Waals surface area contributed by atoms with E-state index in [9.17, 15) is 24.0 Å². The fourth-order valence-electron chi connectivity index (χ4n) is 0.395. The normalized spacial score (nSPS) is 8.17. The number of hydrogen-bond acceptors (Lipinski definition) is 10. The predicted octanol–water partition coefficient (Wildman–Crippen LogP) is -1.45. The van der Waals surface area contributed by atoms with Gasteiger partial charge >= 0.3 is 29.8 Å². The Kier molecular flexibility index (Phi) is 40.7. The molecule has 10 N–H and O–H groups in total. The van der Waals surface area contributed by atoms with Crippen LogP contribution in [0.5, 0.6) is 0 Å². The summed E-state index contributed by atoms with van der Waals surface area (Å²) in [4.78, 5) is 46.2. The average Bonchev–Trinajstić information content (AvgIpc) is 2.82. The van der Waals surface area contributed by atoms with Crippen molar-refractivity contribution >= 4 is 29.8 Å². The summed E-state index contributed by atoms with van der Waals surface area (Å²) >= 11 is 0. The fraction of sp³-hybridized carbons (Fsp3) is 0.250. The summed E-state index contributed by atoms with van der Waals surface area (Å²) in [5, 5.41) is 80.6. The Labute approximate surface area is 200 Å². The van der Waals surface area contributed by atoms with Gasteiger partial charge in [-0.1, -0.05) is 32.9 Å². The summed E-state index contributed by atoms with van der Waals surface area (Å²) in [6.07, 6.45) is 2.26. The minimum atomic E-state index is -1.91. The molecule has 0 spiro atoms. The van der Waals surface area contributed by atoms with Crippen LogP contribution >= 0.6 is 0 Å². The van der Waals surface area contributed by atoms with Crippen LogP contribution in [0.15, 0.2) is 63.3 Å². The number of carboxylic acid groups (broad SMARTS) is 5. The van der Waals surface area contributed by atoms with Crippen LogP contribution in [0.4, 0.5) is 0 Å².